The molecule has 0 saturated heterocycles. The Bertz CT molecular complexity index is 543. The Kier molecular flexibility index (Phi) is 3.49. The molecule has 0 heterocycles. The molecule has 1 aromatic carbocycles. The molecule has 1 aromatic rings. The zero-order valence-corrected chi connectivity index (χ0v) is 9.68. The van der Waals surface area contributed by atoms with Crippen LogP contribution in [-0.2, 0) is 15.5 Å². The Morgan fingerprint density at radius 1 is 1.50 bits per heavy atom. The lowest BCUT2D eigenvalue weighted by Crippen LogP contribution is -2.01. The number of benzene rings is 1. The van der Waals surface area contributed by atoms with E-state index in [-0.39, 0.29) is 12.0 Å². The molecule has 0 atom stereocenters. The average molecular weight is 268 g/mol. The molecule has 1 rings (SSSR count). The largest absolute Gasteiger partial charge is 0.306 e. The van der Waals surface area contributed by atoms with Crippen molar-refractivity contribution < 1.29 is 17.7 Å². The summed E-state index contributed by atoms with van der Waals surface area (Å²) in [6.07, 6.45) is 0.132. The van der Waals surface area contributed by atoms with Crippen molar-refractivity contribution in [3.05, 3.63) is 33.6 Å². The van der Waals surface area contributed by atoms with Crippen molar-refractivity contribution in [2.45, 2.75) is 18.2 Å². The third kappa shape index (κ3) is 2.48. The van der Waals surface area contributed by atoms with Gasteiger partial charge >= 0.3 is 5.69 Å². The Hall–Kier alpha value is -1.21. The van der Waals surface area contributed by atoms with E-state index < -0.39 is 30.4 Å². The second-order valence-electron chi connectivity index (χ2n) is 2.96. The second-order valence-corrected chi connectivity index (χ2v) is 5.53. The van der Waals surface area contributed by atoms with E-state index >= 15 is 0 Å². The number of hydrogen-bond donors (Lipinski definition) is 0. The van der Waals surface area contributed by atoms with Gasteiger partial charge in [-0.2, -0.15) is 4.39 Å². The van der Waals surface area contributed by atoms with Crippen LogP contribution in [-0.4, -0.2) is 13.3 Å². The third-order valence-electron chi connectivity index (χ3n) is 1.96. The van der Waals surface area contributed by atoms with E-state index in [0.717, 1.165) is 6.07 Å². The van der Waals surface area contributed by atoms with Crippen LogP contribution >= 0.6 is 10.7 Å². The Labute approximate surface area is 95.4 Å². The van der Waals surface area contributed by atoms with Crippen LogP contribution in [0.3, 0.4) is 0 Å². The fourth-order valence-corrected chi connectivity index (χ4v) is 1.97. The van der Waals surface area contributed by atoms with Crippen molar-refractivity contribution >= 4 is 25.4 Å². The summed E-state index contributed by atoms with van der Waals surface area (Å²) in [4.78, 5) is 9.04. The minimum absolute atomic E-state index is 0.0616. The maximum atomic E-state index is 13.4. The predicted octanol–water partition coefficient (Wildman–Crippen LogP) is 2.22. The van der Waals surface area contributed by atoms with Crippen LogP contribution in [0, 0.1) is 15.9 Å². The first-order valence-corrected chi connectivity index (χ1v) is 6.49. The summed E-state index contributed by atoms with van der Waals surface area (Å²) >= 11 is 0. The standard InChI is InChI=1S/C8H7ClFNO4S/c1-2-5-3-6(16(9,14)15)4-7(8(5)10)11(12)13/h3-4H,2H2,1H3. The second kappa shape index (κ2) is 4.34. The fraction of sp³-hybridized carbons (Fsp3) is 0.250. The number of nitro benzene ring substituents is 1. The maximum absolute atomic E-state index is 13.4. The van der Waals surface area contributed by atoms with Gasteiger partial charge in [0.2, 0.25) is 5.82 Å². The lowest BCUT2D eigenvalue weighted by Gasteiger charge is -2.03. The molecule has 0 aromatic heterocycles. The molecule has 5 nitrogen and oxygen atoms in total. The van der Waals surface area contributed by atoms with Gasteiger partial charge in [-0.3, -0.25) is 10.1 Å². The SMILES string of the molecule is CCc1cc(S(=O)(=O)Cl)cc([N+](=O)[O-])c1F. The summed E-state index contributed by atoms with van der Waals surface area (Å²) < 4.78 is 35.4. The van der Waals surface area contributed by atoms with E-state index in [1.54, 1.807) is 6.92 Å². The monoisotopic (exact) mass is 267 g/mol. The molecule has 0 radical (unpaired) electrons. The molecule has 0 spiro atoms. The van der Waals surface area contributed by atoms with Crippen molar-refractivity contribution in [3.8, 4) is 0 Å². The van der Waals surface area contributed by atoms with E-state index in [1.807, 2.05) is 0 Å². The number of nitrogens with zero attached hydrogens (tertiary/aromatic N) is 1. The summed E-state index contributed by atoms with van der Waals surface area (Å²) in [5.41, 5.74) is -0.952. The highest BCUT2D eigenvalue weighted by Crippen LogP contribution is 2.27. The predicted molar refractivity (Wildman–Crippen MR) is 55.5 cm³/mol. The lowest BCUT2D eigenvalue weighted by atomic mass is 10.1. The van der Waals surface area contributed by atoms with Crippen LogP contribution in [0.1, 0.15) is 12.5 Å². The molecule has 0 fully saturated rings. The summed E-state index contributed by atoms with van der Waals surface area (Å²) in [5.74, 6) is -1.03. The number of halogens is 2. The van der Waals surface area contributed by atoms with Gasteiger partial charge in [-0.1, -0.05) is 6.92 Å². The quantitative estimate of drug-likeness (QED) is 0.478. The van der Waals surface area contributed by atoms with Gasteiger partial charge in [0.05, 0.1) is 9.82 Å². The van der Waals surface area contributed by atoms with Crippen LogP contribution in [0.2, 0.25) is 0 Å². The molecule has 0 unspecified atom stereocenters. The Morgan fingerprint density at radius 3 is 2.44 bits per heavy atom. The smallest absolute Gasteiger partial charge is 0.258 e. The van der Waals surface area contributed by atoms with Gasteiger partial charge in [0.25, 0.3) is 9.05 Å². The maximum Gasteiger partial charge on any atom is 0.306 e. The average Bonchev–Trinajstić information content (AvgIpc) is 2.15. The van der Waals surface area contributed by atoms with Gasteiger partial charge in [-0.25, -0.2) is 8.42 Å². The molecular weight excluding hydrogens is 261 g/mol. The molecule has 88 valence electrons. The van der Waals surface area contributed by atoms with Gasteiger partial charge < -0.3 is 0 Å². The van der Waals surface area contributed by atoms with Crippen molar-refractivity contribution in [1.29, 1.82) is 0 Å². The molecule has 0 aliphatic heterocycles. The highest BCUT2D eigenvalue weighted by Gasteiger charge is 2.23. The molecule has 0 aliphatic carbocycles. The summed E-state index contributed by atoms with van der Waals surface area (Å²) in [6.45, 7) is 1.55. The van der Waals surface area contributed by atoms with Gasteiger partial charge in [0.1, 0.15) is 0 Å². The molecule has 0 N–H and O–H groups in total. The molecule has 0 aliphatic rings. The Balaban J connectivity index is 3.59. The summed E-state index contributed by atoms with van der Waals surface area (Å²) in [5, 5.41) is 10.5. The van der Waals surface area contributed by atoms with Gasteiger partial charge in [0, 0.05) is 16.7 Å². The van der Waals surface area contributed by atoms with E-state index in [9.17, 15) is 22.9 Å². The van der Waals surface area contributed by atoms with Crippen molar-refractivity contribution in [1.82, 2.24) is 0 Å². The third-order valence-corrected chi connectivity index (χ3v) is 3.29. The molecule has 0 bridgehead atoms. The van der Waals surface area contributed by atoms with Crippen LogP contribution in [0.5, 0.6) is 0 Å². The van der Waals surface area contributed by atoms with Crippen LogP contribution in [0.25, 0.3) is 0 Å². The Morgan fingerprint density at radius 2 is 2.06 bits per heavy atom. The van der Waals surface area contributed by atoms with E-state index in [0.29, 0.717) is 6.07 Å². The van der Waals surface area contributed by atoms with E-state index in [1.165, 1.54) is 0 Å². The van der Waals surface area contributed by atoms with Crippen molar-refractivity contribution in [2.75, 3.05) is 0 Å². The lowest BCUT2D eigenvalue weighted by molar-refractivity contribution is -0.387. The fourth-order valence-electron chi connectivity index (χ4n) is 1.17. The van der Waals surface area contributed by atoms with Crippen LogP contribution < -0.4 is 0 Å². The summed E-state index contributed by atoms with van der Waals surface area (Å²) in [6, 6.07) is 1.60. The van der Waals surface area contributed by atoms with Crippen molar-refractivity contribution in [2.24, 2.45) is 0 Å². The summed E-state index contributed by atoms with van der Waals surface area (Å²) in [7, 11) is 0.937. The zero-order chi connectivity index (χ0) is 12.5. The van der Waals surface area contributed by atoms with Gasteiger partial charge in [0.15, 0.2) is 0 Å². The number of aryl methyl sites for hydroxylation is 1. The van der Waals surface area contributed by atoms with E-state index in [4.69, 9.17) is 10.7 Å². The first-order chi connectivity index (χ1) is 7.27. The normalized spacial score (nSPS) is 11.4. The van der Waals surface area contributed by atoms with Gasteiger partial charge in [-0.15, -0.1) is 0 Å². The highest BCUT2D eigenvalue weighted by molar-refractivity contribution is 8.13. The number of rotatable bonds is 3. The topological polar surface area (TPSA) is 77.3 Å². The van der Waals surface area contributed by atoms with Gasteiger partial charge in [-0.05, 0) is 18.1 Å². The molecular formula is C8H7ClFNO4S. The minimum atomic E-state index is -4.11. The molecule has 16 heavy (non-hydrogen) atoms. The van der Waals surface area contributed by atoms with Crippen molar-refractivity contribution in [3.63, 3.8) is 0 Å². The van der Waals surface area contributed by atoms with Crippen LogP contribution in [0.15, 0.2) is 17.0 Å². The number of hydrogen-bond acceptors (Lipinski definition) is 4. The zero-order valence-electron chi connectivity index (χ0n) is 8.11. The first-order valence-electron chi connectivity index (χ1n) is 4.18. The molecule has 0 amide bonds. The molecule has 0 saturated carbocycles. The molecule has 8 heteroatoms. The van der Waals surface area contributed by atoms with E-state index in [2.05, 4.69) is 0 Å². The first kappa shape index (κ1) is 12.9. The van der Waals surface area contributed by atoms with Crippen LogP contribution in [0.4, 0.5) is 10.1 Å². The number of nitro groups is 1. The highest BCUT2D eigenvalue weighted by atomic mass is 35.7. The minimum Gasteiger partial charge on any atom is -0.258 e.